The SMILES string of the molecule is COC(=O)c1[nH]c(C)c(C(O)=C2C(=O)C(=O)N(CCCN3CCOCC3)[C@H]2c2ccccn2)c1C. The van der Waals surface area contributed by atoms with Crippen LogP contribution in [0.25, 0.3) is 5.76 Å². The number of nitrogens with one attached hydrogen (secondary N) is 1. The number of pyridine rings is 1. The van der Waals surface area contributed by atoms with E-state index in [2.05, 4.69) is 14.9 Å². The highest BCUT2D eigenvalue weighted by atomic mass is 16.5. The summed E-state index contributed by atoms with van der Waals surface area (Å²) in [7, 11) is 1.26. The van der Waals surface area contributed by atoms with Gasteiger partial charge in [0.2, 0.25) is 0 Å². The number of Topliss-reactive ketones (excluding diaryl/α,β-unsaturated/α-hetero) is 1. The molecule has 0 unspecified atom stereocenters. The molecule has 10 heteroatoms. The van der Waals surface area contributed by atoms with Gasteiger partial charge in [-0.05, 0) is 38.0 Å². The number of aromatic amines is 1. The van der Waals surface area contributed by atoms with Crippen LogP contribution in [0.5, 0.6) is 0 Å². The standard InChI is InChI=1S/C25H30N4O6/c1-15-18(16(2)27-20(15)25(33)34-3)22(30)19-21(17-7-4-5-8-26-17)29(24(32)23(19)31)10-6-9-28-11-13-35-14-12-28/h4-5,7-8,21,27,30H,6,9-14H2,1-3H3/t21-/m0/s1. The third kappa shape index (κ3) is 4.71. The molecule has 2 aliphatic heterocycles. The molecule has 4 heterocycles. The van der Waals surface area contributed by atoms with Crippen molar-refractivity contribution in [2.75, 3.05) is 46.5 Å². The highest BCUT2D eigenvalue weighted by Crippen LogP contribution is 2.40. The van der Waals surface area contributed by atoms with Gasteiger partial charge in [0.25, 0.3) is 11.7 Å². The minimum Gasteiger partial charge on any atom is -0.507 e. The summed E-state index contributed by atoms with van der Waals surface area (Å²) in [4.78, 5) is 49.6. The molecule has 35 heavy (non-hydrogen) atoms. The molecular formula is C25H30N4O6. The molecular weight excluding hydrogens is 452 g/mol. The molecule has 4 rings (SSSR count). The molecule has 0 spiro atoms. The van der Waals surface area contributed by atoms with Crippen LogP contribution in [0.3, 0.4) is 0 Å². The number of hydrogen-bond donors (Lipinski definition) is 2. The predicted molar refractivity (Wildman–Crippen MR) is 127 cm³/mol. The largest absolute Gasteiger partial charge is 0.507 e. The number of hydrogen-bond acceptors (Lipinski definition) is 8. The molecule has 1 atom stereocenters. The number of esters is 1. The second kappa shape index (κ2) is 10.4. The number of ketones is 1. The van der Waals surface area contributed by atoms with E-state index in [0.717, 1.165) is 19.6 Å². The van der Waals surface area contributed by atoms with Crippen molar-refractivity contribution < 1.29 is 29.0 Å². The van der Waals surface area contributed by atoms with Gasteiger partial charge < -0.3 is 24.5 Å². The molecule has 2 aliphatic rings. The first-order chi connectivity index (χ1) is 16.8. The maximum Gasteiger partial charge on any atom is 0.354 e. The fourth-order valence-electron chi connectivity index (χ4n) is 4.79. The van der Waals surface area contributed by atoms with Crippen molar-refractivity contribution in [2.45, 2.75) is 26.3 Å². The summed E-state index contributed by atoms with van der Waals surface area (Å²) < 4.78 is 10.2. The number of likely N-dealkylation sites (tertiary alicyclic amines) is 1. The van der Waals surface area contributed by atoms with E-state index in [4.69, 9.17) is 9.47 Å². The van der Waals surface area contributed by atoms with Gasteiger partial charge in [-0.1, -0.05) is 6.07 Å². The van der Waals surface area contributed by atoms with Crippen molar-refractivity contribution >= 4 is 23.4 Å². The Labute approximate surface area is 203 Å². The van der Waals surface area contributed by atoms with Crippen LogP contribution in [-0.2, 0) is 19.1 Å². The van der Waals surface area contributed by atoms with Gasteiger partial charge in [0.05, 0.1) is 31.6 Å². The lowest BCUT2D eigenvalue weighted by molar-refractivity contribution is -0.140. The summed E-state index contributed by atoms with van der Waals surface area (Å²) in [5.41, 5.74) is 1.85. The molecule has 0 radical (unpaired) electrons. The number of aliphatic hydroxyl groups is 1. The zero-order valence-corrected chi connectivity index (χ0v) is 20.2. The highest BCUT2D eigenvalue weighted by molar-refractivity contribution is 6.46. The number of aliphatic hydroxyl groups excluding tert-OH is 1. The zero-order chi connectivity index (χ0) is 25.1. The number of methoxy groups -OCH3 is 1. The Hall–Kier alpha value is -3.50. The molecule has 2 aromatic heterocycles. The molecule has 0 aliphatic carbocycles. The van der Waals surface area contributed by atoms with E-state index in [1.807, 2.05) is 0 Å². The van der Waals surface area contributed by atoms with Gasteiger partial charge in [0, 0.05) is 43.6 Å². The van der Waals surface area contributed by atoms with Gasteiger partial charge in [-0.25, -0.2) is 4.79 Å². The van der Waals surface area contributed by atoms with E-state index in [1.165, 1.54) is 12.0 Å². The van der Waals surface area contributed by atoms with E-state index in [9.17, 15) is 19.5 Å². The first-order valence-corrected chi connectivity index (χ1v) is 11.6. The van der Waals surface area contributed by atoms with Crippen LogP contribution < -0.4 is 0 Å². The Balaban J connectivity index is 1.72. The second-order valence-electron chi connectivity index (χ2n) is 8.67. The minimum atomic E-state index is -0.837. The predicted octanol–water partition coefficient (Wildman–Crippen LogP) is 1.96. The summed E-state index contributed by atoms with van der Waals surface area (Å²) in [6.45, 7) is 7.46. The maximum absolute atomic E-state index is 13.2. The van der Waals surface area contributed by atoms with Crippen molar-refractivity contribution in [1.29, 1.82) is 0 Å². The number of nitrogens with zero attached hydrogens (tertiary/aromatic N) is 3. The van der Waals surface area contributed by atoms with Crippen LogP contribution in [0.2, 0.25) is 0 Å². The average Bonchev–Trinajstić information content (AvgIpc) is 3.31. The molecule has 186 valence electrons. The smallest absolute Gasteiger partial charge is 0.354 e. The molecule has 2 N–H and O–H groups in total. The number of aromatic nitrogens is 2. The lowest BCUT2D eigenvalue weighted by Gasteiger charge is -2.28. The third-order valence-corrected chi connectivity index (χ3v) is 6.55. The summed E-state index contributed by atoms with van der Waals surface area (Å²) in [6.07, 6.45) is 2.25. The number of ether oxygens (including phenoxy) is 2. The molecule has 1 amide bonds. The normalized spacial score (nSPS) is 20.4. The van der Waals surface area contributed by atoms with Crippen LogP contribution in [0.15, 0.2) is 30.0 Å². The monoisotopic (exact) mass is 482 g/mol. The van der Waals surface area contributed by atoms with E-state index in [0.29, 0.717) is 48.7 Å². The fraction of sp³-hybridized carbons (Fsp3) is 0.440. The number of rotatable bonds is 7. The van der Waals surface area contributed by atoms with E-state index >= 15 is 0 Å². The summed E-state index contributed by atoms with van der Waals surface area (Å²) in [5, 5.41) is 11.4. The lowest BCUT2D eigenvalue weighted by Crippen LogP contribution is -2.39. The number of carbonyl (C=O) groups is 3. The molecule has 2 aromatic rings. The Morgan fingerprint density at radius 3 is 2.63 bits per heavy atom. The van der Waals surface area contributed by atoms with E-state index in [-0.39, 0.29) is 17.0 Å². The van der Waals surface area contributed by atoms with E-state index < -0.39 is 23.7 Å². The number of amides is 1. The Bertz CT molecular complexity index is 1150. The van der Waals surface area contributed by atoms with Crippen LogP contribution >= 0.6 is 0 Å². The molecule has 0 saturated carbocycles. The van der Waals surface area contributed by atoms with Gasteiger partial charge >= 0.3 is 5.97 Å². The second-order valence-corrected chi connectivity index (χ2v) is 8.67. The van der Waals surface area contributed by atoms with Gasteiger partial charge in [0.1, 0.15) is 17.5 Å². The van der Waals surface area contributed by atoms with Crippen LogP contribution in [-0.4, -0.2) is 89.0 Å². The summed E-state index contributed by atoms with van der Waals surface area (Å²) >= 11 is 0. The van der Waals surface area contributed by atoms with Gasteiger partial charge in [-0.2, -0.15) is 0 Å². The Morgan fingerprint density at radius 2 is 1.97 bits per heavy atom. The Morgan fingerprint density at radius 1 is 1.23 bits per heavy atom. The molecule has 2 saturated heterocycles. The first kappa shape index (κ1) is 24.6. The number of carbonyl (C=O) groups excluding carboxylic acids is 3. The topological polar surface area (TPSA) is 125 Å². The van der Waals surface area contributed by atoms with Gasteiger partial charge in [0.15, 0.2) is 0 Å². The molecule has 10 nitrogen and oxygen atoms in total. The van der Waals surface area contributed by atoms with Crippen molar-refractivity contribution in [3.63, 3.8) is 0 Å². The number of aryl methyl sites for hydroxylation is 1. The quantitative estimate of drug-likeness (QED) is 0.266. The molecule has 0 aromatic carbocycles. The van der Waals surface area contributed by atoms with Crippen molar-refractivity contribution in [3.05, 3.63) is 58.2 Å². The van der Waals surface area contributed by atoms with Crippen LogP contribution in [0.4, 0.5) is 0 Å². The van der Waals surface area contributed by atoms with Gasteiger partial charge in [-0.3, -0.25) is 19.5 Å². The number of H-pyrrole nitrogens is 1. The number of morpholine rings is 1. The van der Waals surface area contributed by atoms with Crippen molar-refractivity contribution in [2.24, 2.45) is 0 Å². The van der Waals surface area contributed by atoms with Crippen LogP contribution in [0, 0.1) is 13.8 Å². The first-order valence-electron chi connectivity index (χ1n) is 11.6. The van der Waals surface area contributed by atoms with Crippen molar-refractivity contribution in [1.82, 2.24) is 19.8 Å². The third-order valence-electron chi connectivity index (χ3n) is 6.55. The minimum absolute atomic E-state index is 0.0401. The lowest BCUT2D eigenvalue weighted by atomic mass is 9.96. The van der Waals surface area contributed by atoms with E-state index in [1.54, 1.807) is 38.2 Å². The zero-order valence-electron chi connectivity index (χ0n) is 20.2. The summed E-state index contributed by atoms with van der Waals surface area (Å²) in [5.74, 6) is -2.38. The van der Waals surface area contributed by atoms with Crippen LogP contribution in [0.1, 0.15) is 45.5 Å². The van der Waals surface area contributed by atoms with Crippen molar-refractivity contribution in [3.8, 4) is 0 Å². The highest BCUT2D eigenvalue weighted by Gasteiger charge is 2.47. The average molecular weight is 483 g/mol. The summed E-state index contributed by atoms with van der Waals surface area (Å²) in [6, 6.07) is 4.42. The molecule has 2 fully saturated rings. The Kier molecular flexibility index (Phi) is 7.32. The maximum atomic E-state index is 13.2. The van der Waals surface area contributed by atoms with Gasteiger partial charge in [-0.15, -0.1) is 0 Å². The fourth-order valence-corrected chi connectivity index (χ4v) is 4.79. The molecule has 0 bridgehead atoms.